The van der Waals surface area contributed by atoms with Crippen molar-refractivity contribution >= 4 is 51.4 Å². The summed E-state index contributed by atoms with van der Waals surface area (Å²) in [6, 6.07) is 23.3. The Morgan fingerprint density at radius 1 is 0.927 bits per heavy atom. The van der Waals surface area contributed by atoms with Gasteiger partial charge in [0.2, 0.25) is 0 Å². The summed E-state index contributed by atoms with van der Waals surface area (Å²) >= 11 is 0. The molecule has 2 aromatic heterocycles. The summed E-state index contributed by atoms with van der Waals surface area (Å²) in [5, 5.41) is 3.84. The Kier molecular flexibility index (Phi) is 10.3. The standard InChI is InChI=1S/C32H32N4O4.K/c1-5-8-28-33-21(4)29(24-15-17-25(18-16-24)39-20(2)3)31(37)36(28)19-22-11-13-23(14-12-22)26-9-6-7-10-27(26)30-34-32(38)40-35-30;/h6-7,9-18,20H,5,8,19H2,1-4H3,(H,34,35,38);. The first-order valence-corrected chi connectivity index (χ1v) is 13.5. The fourth-order valence-electron chi connectivity index (χ4n) is 4.86. The molecule has 1 radical (unpaired) electrons. The second kappa shape index (κ2) is 13.7. The zero-order valence-electron chi connectivity index (χ0n) is 24.1. The number of aryl methyl sites for hydroxylation is 2. The van der Waals surface area contributed by atoms with Crippen LogP contribution in [0.25, 0.3) is 33.6 Å². The first kappa shape index (κ1) is 30.9. The number of ether oxygens (including phenoxy) is 1. The Labute approximate surface area is 281 Å². The van der Waals surface area contributed by atoms with Crippen LogP contribution < -0.4 is 16.1 Å². The van der Waals surface area contributed by atoms with Crippen molar-refractivity contribution in [2.45, 2.75) is 53.2 Å². The Morgan fingerprint density at radius 3 is 2.20 bits per heavy atom. The van der Waals surface area contributed by atoms with E-state index in [9.17, 15) is 9.59 Å². The Hall–Kier alpha value is -3.08. The van der Waals surface area contributed by atoms with E-state index in [0.717, 1.165) is 51.5 Å². The van der Waals surface area contributed by atoms with Gasteiger partial charge < -0.3 is 4.74 Å². The number of hydrogen-bond donors (Lipinski definition) is 1. The topological polar surface area (TPSA) is 103 Å². The summed E-state index contributed by atoms with van der Waals surface area (Å²) in [6.07, 6.45) is 1.66. The number of hydrogen-bond acceptors (Lipinski definition) is 6. The van der Waals surface area contributed by atoms with Gasteiger partial charge in [-0.05, 0) is 61.6 Å². The van der Waals surface area contributed by atoms with E-state index in [4.69, 9.17) is 14.2 Å². The quantitative estimate of drug-likeness (QED) is 0.228. The minimum absolute atomic E-state index is 0. The van der Waals surface area contributed by atoms with E-state index >= 15 is 0 Å². The van der Waals surface area contributed by atoms with Gasteiger partial charge in [-0.3, -0.25) is 18.9 Å². The molecule has 0 fully saturated rings. The molecule has 0 saturated heterocycles. The molecule has 205 valence electrons. The number of benzene rings is 3. The van der Waals surface area contributed by atoms with Crippen molar-refractivity contribution in [3.63, 3.8) is 0 Å². The normalized spacial score (nSPS) is 11.0. The van der Waals surface area contributed by atoms with Crippen molar-refractivity contribution in [2.75, 3.05) is 0 Å². The average Bonchev–Trinajstić information content (AvgIpc) is 3.38. The smallest absolute Gasteiger partial charge is 0.439 e. The molecule has 3 aromatic carbocycles. The van der Waals surface area contributed by atoms with Crippen LogP contribution in [-0.2, 0) is 13.0 Å². The minimum atomic E-state index is -0.598. The average molecular weight is 576 g/mol. The molecule has 0 aliphatic carbocycles. The van der Waals surface area contributed by atoms with Crippen molar-refractivity contribution in [2.24, 2.45) is 0 Å². The largest absolute Gasteiger partial charge is 0.491 e. The number of aromatic amines is 1. The minimum Gasteiger partial charge on any atom is -0.491 e. The summed E-state index contributed by atoms with van der Waals surface area (Å²) in [6.45, 7) is 8.35. The fourth-order valence-corrected chi connectivity index (χ4v) is 4.86. The van der Waals surface area contributed by atoms with E-state index in [1.807, 2.05) is 93.6 Å². The van der Waals surface area contributed by atoms with E-state index in [-0.39, 0.29) is 63.0 Å². The molecule has 5 aromatic rings. The molecule has 1 N–H and O–H groups in total. The Balaban J connectivity index is 0.00000387. The number of nitrogens with one attached hydrogen (secondary N) is 1. The van der Waals surface area contributed by atoms with Crippen LogP contribution in [0.15, 0.2) is 86.9 Å². The second-order valence-electron chi connectivity index (χ2n) is 10.0. The number of rotatable bonds is 9. The molecule has 0 unspecified atom stereocenters. The van der Waals surface area contributed by atoms with Gasteiger partial charge in [-0.15, -0.1) is 0 Å². The summed E-state index contributed by atoms with van der Waals surface area (Å²) in [4.78, 5) is 32.9. The van der Waals surface area contributed by atoms with Gasteiger partial charge in [0.15, 0.2) is 5.82 Å². The van der Waals surface area contributed by atoms with Crippen LogP contribution in [0.2, 0.25) is 0 Å². The summed E-state index contributed by atoms with van der Waals surface area (Å²) in [5.41, 5.74) is 5.69. The van der Waals surface area contributed by atoms with E-state index in [1.54, 1.807) is 4.57 Å². The Bertz CT molecular complexity index is 1740. The van der Waals surface area contributed by atoms with Gasteiger partial charge in [0.25, 0.3) is 5.56 Å². The molecular weight excluding hydrogens is 543 g/mol. The third kappa shape index (κ3) is 7.05. The maximum absolute atomic E-state index is 13.9. The van der Waals surface area contributed by atoms with Crippen molar-refractivity contribution in [3.8, 4) is 39.4 Å². The predicted octanol–water partition coefficient (Wildman–Crippen LogP) is 5.64. The van der Waals surface area contributed by atoms with E-state index in [0.29, 0.717) is 24.4 Å². The fraction of sp³-hybridized carbons (Fsp3) is 0.250. The molecule has 0 aliphatic heterocycles. The zero-order valence-corrected chi connectivity index (χ0v) is 27.2. The van der Waals surface area contributed by atoms with Gasteiger partial charge in [-0.2, -0.15) is 0 Å². The van der Waals surface area contributed by atoms with Gasteiger partial charge in [-0.1, -0.05) is 72.7 Å². The van der Waals surface area contributed by atoms with Gasteiger partial charge in [0.1, 0.15) is 11.6 Å². The molecule has 9 heteroatoms. The molecule has 0 atom stereocenters. The Morgan fingerprint density at radius 2 is 1.59 bits per heavy atom. The van der Waals surface area contributed by atoms with Crippen molar-refractivity contribution in [1.82, 2.24) is 19.7 Å². The van der Waals surface area contributed by atoms with Crippen LogP contribution in [0.3, 0.4) is 0 Å². The van der Waals surface area contributed by atoms with Crippen molar-refractivity contribution < 1.29 is 9.26 Å². The van der Waals surface area contributed by atoms with Crippen molar-refractivity contribution in [3.05, 3.63) is 111 Å². The SMILES string of the molecule is CCCc1nc(C)c(-c2ccc(OC(C)C)cc2)c(=O)n1Cc1ccc(-c2ccccc2-c2noc(=O)[nH]2)cc1.[K]. The van der Waals surface area contributed by atoms with Crippen LogP contribution in [0.5, 0.6) is 5.75 Å². The van der Waals surface area contributed by atoms with Gasteiger partial charge in [0.05, 0.1) is 23.9 Å². The van der Waals surface area contributed by atoms with Crippen LogP contribution in [-0.4, -0.2) is 77.2 Å². The van der Waals surface area contributed by atoms with Gasteiger partial charge in [0, 0.05) is 63.4 Å². The third-order valence-corrected chi connectivity index (χ3v) is 6.65. The first-order chi connectivity index (χ1) is 19.3. The predicted molar refractivity (Wildman–Crippen MR) is 161 cm³/mol. The van der Waals surface area contributed by atoms with E-state index < -0.39 is 5.76 Å². The molecule has 41 heavy (non-hydrogen) atoms. The molecule has 0 spiro atoms. The van der Waals surface area contributed by atoms with Crippen molar-refractivity contribution in [1.29, 1.82) is 0 Å². The van der Waals surface area contributed by atoms with Gasteiger partial charge >= 0.3 is 5.76 Å². The molecule has 2 heterocycles. The summed E-state index contributed by atoms with van der Waals surface area (Å²) in [5.74, 6) is 1.32. The van der Waals surface area contributed by atoms with Crippen LogP contribution in [0, 0.1) is 6.92 Å². The van der Waals surface area contributed by atoms with E-state index in [2.05, 4.69) is 17.1 Å². The molecule has 0 aliphatic rings. The first-order valence-electron chi connectivity index (χ1n) is 13.5. The molecule has 0 saturated carbocycles. The zero-order chi connectivity index (χ0) is 28.2. The van der Waals surface area contributed by atoms with Gasteiger partial charge in [-0.25, -0.2) is 9.78 Å². The maximum atomic E-state index is 13.9. The third-order valence-electron chi connectivity index (χ3n) is 6.65. The molecular formula is C32H32KN4O4. The molecule has 0 bridgehead atoms. The van der Waals surface area contributed by atoms with E-state index in [1.165, 1.54) is 0 Å². The summed E-state index contributed by atoms with van der Waals surface area (Å²) in [7, 11) is 0. The number of H-pyrrole nitrogens is 1. The summed E-state index contributed by atoms with van der Waals surface area (Å²) < 4.78 is 12.3. The molecule has 8 nitrogen and oxygen atoms in total. The van der Waals surface area contributed by atoms with Crippen LogP contribution >= 0.6 is 0 Å². The number of nitrogens with zero attached hydrogens (tertiary/aromatic N) is 3. The second-order valence-corrected chi connectivity index (χ2v) is 10.0. The maximum Gasteiger partial charge on any atom is 0.439 e. The molecule has 0 amide bonds. The number of aromatic nitrogens is 4. The van der Waals surface area contributed by atoms with Crippen LogP contribution in [0.1, 0.15) is 44.3 Å². The van der Waals surface area contributed by atoms with Crippen LogP contribution in [0.4, 0.5) is 0 Å². The molecule has 5 rings (SSSR count). The monoisotopic (exact) mass is 575 g/mol.